The lowest BCUT2D eigenvalue weighted by molar-refractivity contribution is -0.136. The number of hydrogen-bond donors (Lipinski definition) is 1. The predicted octanol–water partition coefficient (Wildman–Crippen LogP) is 3.93. The first-order valence-corrected chi connectivity index (χ1v) is 6.27. The van der Waals surface area contributed by atoms with Gasteiger partial charge in [0.1, 0.15) is 5.69 Å². The maximum absolute atomic E-state index is 13.2. The van der Waals surface area contributed by atoms with E-state index in [2.05, 4.69) is 9.72 Å². The Bertz CT molecular complexity index is 644. The van der Waals surface area contributed by atoms with Crippen LogP contribution in [0, 0.1) is 0 Å². The lowest BCUT2D eigenvalue weighted by Gasteiger charge is -2.08. The summed E-state index contributed by atoms with van der Waals surface area (Å²) in [6, 6.07) is 4.63. The maximum Gasteiger partial charge on any atom is 0.419 e. The van der Waals surface area contributed by atoms with E-state index in [-0.39, 0.29) is 12.0 Å². The molecule has 0 bridgehead atoms. The van der Waals surface area contributed by atoms with Crippen LogP contribution in [-0.4, -0.2) is 17.6 Å². The van der Waals surface area contributed by atoms with E-state index in [1.54, 1.807) is 19.1 Å². The topological polar surface area (TPSA) is 42.1 Å². The molecule has 3 nitrogen and oxygen atoms in total. The summed E-state index contributed by atoms with van der Waals surface area (Å²) in [5, 5.41) is -0.0160. The lowest BCUT2D eigenvalue weighted by atomic mass is 10.1. The normalized spacial score (nSPS) is 11.8. The molecule has 0 saturated carbocycles. The Labute approximate surface area is 113 Å². The molecule has 0 unspecified atom stereocenters. The van der Waals surface area contributed by atoms with Crippen LogP contribution in [0.2, 0.25) is 0 Å². The van der Waals surface area contributed by atoms with Crippen LogP contribution >= 0.6 is 0 Å². The van der Waals surface area contributed by atoms with Crippen molar-refractivity contribution < 1.29 is 22.7 Å². The van der Waals surface area contributed by atoms with Gasteiger partial charge in [0.05, 0.1) is 12.2 Å². The number of nitrogens with one attached hydrogen (secondary N) is 1. The van der Waals surface area contributed by atoms with Crippen LogP contribution in [0.1, 0.15) is 35.5 Å². The molecule has 0 spiro atoms. The van der Waals surface area contributed by atoms with E-state index >= 15 is 0 Å². The van der Waals surface area contributed by atoms with Gasteiger partial charge in [-0.1, -0.05) is 19.1 Å². The number of aromatic nitrogens is 1. The number of aromatic amines is 1. The zero-order chi connectivity index (χ0) is 14.9. The number of carbonyl (C=O) groups is 1. The van der Waals surface area contributed by atoms with E-state index in [0.29, 0.717) is 11.9 Å². The van der Waals surface area contributed by atoms with Crippen molar-refractivity contribution in [3.8, 4) is 0 Å². The smallest absolute Gasteiger partial charge is 0.419 e. The fraction of sp³-hybridized carbons (Fsp3) is 0.357. The van der Waals surface area contributed by atoms with Crippen LogP contribution in [0.3, 0.4) is 0 Å². The third-order valence-electron chi connectivity index (χ3n) is 3.03. The van der Waals surface area contributed by atoms with Crippen molar-refractivity contribution in [2.75, 3.05) is 6.61 Å². The number of halogens is 3. The van der Waals surface area contributed by atoms with Gasteiger partial charge in [0.2, 0.25) is 0 Å². The molecule has 0 aliphatic carbocycles. The van der Waals surface area contributed by atoms with Crippen LogP contribution in [0.5, 0.6) is 0 Å². The molecule has 108 valence electrons. The summed E-state index contributed by atoms with van der Waals surface area (Å²) in [6.07, 6.45) is -3.92. The van der Waals surface area contributed by atoms with Crippen LogP contribution < -0.4 is 0 Å². The second-order valence-corrected chi connectivity index (χ2v) is 4.33. The van der Waals surface area contributed by atoms with Gasteiger partial charge in [-0.3, -0.25) is 0 Å². The molecule has 6 heteroatoms. The fourth-order valence-corrected chi connectivity index (χ4v) is 2.12. The Morgan fingerprint density at radius 1 is 1.30 bits per heavy atom. The molecule has 0 atom stereocenters. The Kier molecular flexibility index (Phi) is 3.74. The van der Waals surface area contributed by atoms with Gasteiger partial charge in [0, 0.05) is 10.9 Å². The molecule has 2 aromatic rings. The number of fused-ring (bicyclic) bond motifs is 1. The summed E-state index contributed by atoms with van der Waals surface area (Å²) in [6.45, 7) is 3.47. The standard InChI is InChI=1S/C14H14F3NO2/c1-3-8-5-6-9-10(7-8)18-12(13(19)20-4-2)11(9)14(15,16)17/h5-7,18H,3-4H2,1-2H3. The van der Waals surface area contributed by atoms with Gasteiger partial charge in [-0.15, -0.1) is 0 Å². The van der Waals surface area contributed by atoms with E-state index in [0.717, 1.165) is 5.56 Å². The largest absolute Gasteiger partial charge is 0.461 e. The highest BCUT2D eigenvalue weighted by Gasteiger charge is 2.39. The third kappa shape index (κ3) is 2.50. The SMILES string of the molecule is CCOC(=O)c1[nH]c2cc(CC)ccc2c1C(F)(F)F. The number of rotatable bonds is 3. The molecule has 1 heterocycles. The molecular formula is C14H14F3NO2. The molecule has 2 rings (SSSR count). The molecule has 0 amide bonds. The fourth-order valence-electron chi connectivity index (χ4n) is 2.12. The minimum absolute atomic E-state index is 0.0160. The van der Waals surface area contributed by atoms with Gasteiger partial charge < -0.3 is 9.72 Å². The van der Waals surface area contributed by atoms with Crippen LogP contribution in [0.25, 0.3) is 10.9 Å². The average Bonchev–Trinajstić information content (AvgIpc) is 2.76. The Morgan fingerprint density at radius 2 is 2.00 bits per heavy atom. The summed E-state index contributed by atoms with van der Waals surface area (Å²) in [4.78, 5) is 14.2. The van der Waals surface area contributed by atoms with Gasteiger partial charge in [-0.2, -0.15) is 13.2 Å². The van der Waals surface area contributed by atoms with Gasteiger partial charge in [-0.05, 0) is 25.0 Å². The van der Waals surface area contributed by atoms with Crippen molar-refractivity contribution in [2.45, 2.75) is 26.4 Å². The molecule has 1 aromatic heterocycles. The number of H-pyrrole nitrogens is 1. The van der Waals surface area contributed by atoms with Crippen LogP contribution in [0.4, 0.5) is 13.2 Å². The molecule has 1 N–H and O–H groups in total. The first-order chi connectivity index (χ1) is 9.38. The lowest BCUT2D eigenvalue weighted by Crippen LogP contribution is -2.14. The third-order valence-corrected chi connectivity index (χ3v) is 3.03. The Balaban J connectivity index is 2.69. The number of alkyl halides is 3. The second-order valence-electron chi connectivity index (χ2n) is 4.33. The number of carbonyl (C=O) groups excluding carboxylic acids is 1. The first kappa shape index (κ1) is 14.4. The van der Waals surface area contributed by atoms with Gasteiger partial charge in [0.15, 0.2) is 0 Å². The minimum Gasteiger partial charge on any atom is -0.461 e. The highest BCUT2D eigenvalue weighted by atomic mass is 19.4. The Hall–Kier alpha value is -1.98. The molecule has 0 aliphatic rings. The summed E-state index contributed by atoms with van der Waals surface area (Å²) in [5.74, 6) is -0.992. The number of ether oxygens (including phenoxy) is 1. The van der Waals surface area contributed by atoms with Gasteiger partial charge in [-0.25, -0.2) is 4.79 Å². The van der Waals surface area contributed by atoms with E-state index in [1.807, 2.05) is 6.92 Å². The zero-order valence-corrected chi connectivity index (χ0v) is 11.1. The Morgan fingerprint density at radius 3 is 2.55 bits per heavy atom. The molecule has 0 saturated heterocycles. The van der Waals surface area contributed by atoms with Gasteiger partial charge in [0.25, 0.3) is 0 Å². The molecule has 20 heavy (non-hydrogen) atoms. The molecule has 0 fully saturated rings. The number of hydrogen-bond acceptors (Lipinski definition) is 2. The van der Waals surface area contributed by atoms with Crippen LogP contribution in [0.15, 0.2) is 18.2 Å². The number of esters is 1. The van der Waals surface area contributed by atoms with E-state index in [1.165, 1.54) is 6.07 Å². The van der Waals surface area contributed by atoms with Crippen molar-refractivity contribution in [1.82, 2.24) is 4.98 Å². The first-order valence-electron chi connectivity index (χ1n) is 6.27. The molecule has 1 aromatic carbocycles. The summed E-state index contributed by atoms with van der Waals surface area (Å²) in [7, 11) is 0. The van der Waals surface area contributed by atoms with Gasteiger partial charge >= 0.3 is 12.1 Å². The van der Waals surface area contributed by atoms with Crippen molar-refractivity contribution in [1.29, 1.82) is 0 Å². The van der Waals surface area contributed by atoms with E-state index < -0.39 is 23.4 Å². The minimum atomic E-state index is -4.62. The summed E-state index contributed by atoms with van der Waals surface area (Å²) in [5.41, 5.74) is -0.321. The second kappa shape index (κ2) is 5.19. The summed E-state index contributed by atoms with van der Waals surface area (Å²) >= 11 is 0. The molecule has 0 aliphatic heterocycles. The average molecular weight is 285 g/mol. The van der Waals surface area contributed by atoms with E-state index in [9.17, 15) is 18.0 Å². The predicted molar refractivity (Wildman–Crippen MR) is 68.6 cm³/mol. The van der Waals surface area contributed by atoms with Crippen molar-refractivity contribution in [3.63, 3.8) is 0 Å². The highest BCUT2D eigenvalue weighted by Crippen LogP contribution is 2.38. The number of aryl methyl sites for hydroxylation is 1. The van der Waals surface area contributed by atoms with E-state index in [4.69, 9.17) is 0 Å². The van der Waals surface area contributed by atoms with Crippen molar-refractivity contribution in [2.24, 2.45) is 0 Å². The summed E-state index contributed by atoms with van der Waals surface area (Å²) < 4.78 is 44.2. The zero-order valence-electron chi connectivity index (χ0n) is 11.1. The van der Waals surface area contributed by atoms with Crippen LogP contribution in [-0.2, 0) is 17.3 Å². The number of benzene rings is 1. The van der Waals surface area contributed by atoms with Crippen molar-refractivity contribution in [3.05, 3.63) is 35.0 Å². The van der Waals surface area contributed by atoms with Crippen molar-refractivity contribution >= 4 is 16.9 Å². The quantitative estimate of drug-likeness (QED) is 0.868. The molecule has 0 radical (unpaired) electrons. The molecular weight excluding hydrogens is 271 g/mol. The maximum atomic E-state index is 13.2. The highest BCUT2D eigenvalue weighted by molar-refractivity contribution is 5.98. The monoisotopic (exact) mass is 285 g/mol.